The first kappa shape index (κ1) is 16.7. The summed E-state index contributed by atoms with van der Waals surface area (Å²) in [7, 11) is 3.29. The van der Waals surface area contributed by atoms with Crippen molar-refractivity contribution in [1.82, 2.24) is 9.88 Å². The normalized spacial score (nSPS) is 10.1. The van der Waals surface area contributed by atoms with E-state index in [-0.39, 0.29) is 24.0 Å². The molecule has 1 rings (SSSR count). The topological polar surface area (TPSA) is 91.6 Å². The zero-order valence-corrected chi connectivity index (χ0v) is 12.8. The number of nitrogens with one attached hydrogen (secondary N) is 1. The second-order valence-corrected chi connectivity index (χ2v) is 4.63. The molecule has 1 aromatic heterocycles. The van der Waals surface area contributed by atoms with Gasteiger partial charge in [0, 0.05) is 33.3 Å². The molecular weight excluding hydrogens is 274 g/mol. The van der Waals surface area contributed by atoms with Crippen LogP contribution in [0.1, 0.15) is 13.8 Å². The van der Waals surface area contributed by atoms with Gasteiger partial charge in [-0.2, -0.15) is 0 Å². The molecule has 0 aliphatic carbocycles. The van der Waals surface area contributed by atoms with Crippen LogP contribution in [0.15, 0.2) is 12.1 Å². The number of amides is 1. The van der Waals surface area contributed by atoms with Crippen LogP contribution < -0.4 is 10.2 Å². The van der Waals surface area contributed by atoms with Crippen molar-refractivity contribution in [2.24, 2.45) is 0 Å². The number of aromatic nitrogens is 1. The Hall–Kier alpha value is -2.38. The molecule has 116 valence electrons. The smallest absolute Gasteiger partial charge is 0.311 e. The second kappa shape index (κ2) is 7.41. The fraction of sp³-hybridized carbons (Fsp3) is 0.538. The van der Waals surface area contributed by atoms with Gasteiger partial charge in [-0.15, -0.1) is 0 Å². The number of carbonyl (C=O) groups is 1. The van der Waals surface area contributed by atoms with Crippen molar-refractivity contribution in [2.45, 2.75) is 13.8 Å². The molecule has 8 heteroatoms. The lowest BCUT2D eigenvalue weighted by Gasteiger charge is -2.23. The number of hydrogen-bond donors (Lipinski definition) is 1. The van der Waals surface area contributed by atoms with Gasteiger partial charge in [0.25, 0.3) is 0 Å². The van der Waals surface area contributed by atoms with Crippen molar-refractivity contribution < 1.29 is 9.72 Å². The molecule has 0 aliphatic heterocycles. The van der Waals surface area contributed by atoms with Crippen molar-refractivity contribution in [3.8, 4) is 0 Å². The predicted octanol–water partition coefficient (Wildman–Crippen LogP) is 1.34. The Labute approximate surface area is 123 Å². The number of rotatable bonds is 7. The predicted molar refractivity (Wildman–Crippen MR) is 81.6 cm³/mol. The quantitative estimate of drug-likeness (QED) is 0.603. The first-order chi connectivity index (χ1) is 9.90. The standard InChI is InChI=1S/C13H21N5O3/c1-5-14-11-8-7-10(18(20)21)13(15-11)17(6-2)9-12(19)16(3)4/h7-8H,5-6,9H2,1-4H3,(H,14,15). The van der Waals surface area contributed by atoms with E-state index in [1.165, 1.54) is 11.0 Å². The van der Waals surface area contributed by atoms with Crippen LogP contribution in [0, 0.1) is 10.1 Å². The highest BCUT2D eigenvalue weighted by atomic mass is 16.6. The number of hydrogen-bond acceptors (Lipinski definition) is 6. The van der Waals surface area contributed by atoms with Crippen LogP contribution in [0.25, 0.3) is 0 Å². The van der Waals surface area contributed by atoms with Gasteiger partial charge in [0.05, 0.1) is 11.5 Å². The molecule has 8 nitrogen and oxygen atoms in total. The van der Waals surface area contributed by atoms with E-state index in [1.54, 1.807) is 25.1 Å². The number of anilines is 2. The molecule has 0 atom stereocenters. The Balaban J connectivity index is 3.17. The van der Waals surface area contributed by atoms with Crippen molar-refractivity contribution in [3.05, 3.63) is 22.2 Å². The molecule has 0 fully saturated rings. The largest absolute Gasteiger partial charge is 0.370 e. The number of likely N-dealkylation sites (N-methyl/N-ethyl adjacent to an activating group) is 2. The van der Waals surface area contributed by atoms with Crippen LogP contribution in [0.4, 0.5) is 17.3 Å². The molecule has 0 bridgehead atoms. The van der Waals surface area contributed by atoms with Crippen LogP contribution in [0.2, 0.25) is 0 Å². The molecule has 0 saturated heterocycles. The minimum atomic E-state index is -0.485. The van der Waals surface area contributed by atoms with Gasteiger partial charge >= 0.3 is 5.69 Å². The molecular formula is C13H21N5O3. The third-order valence-corrected chi connectivity index (χ3v) is 2.92. The third-order valence-electron chi connectivity index (χ3n) is 2.92. The third kappa shape index (κ3) is 4.30. The fourth-order valence-corrected chi connectivity index (χ4v) is 1.74. The number of carbonyl (C=O) groups excluding carboxylic acids is 1. The molecule has 0 aliphatic rings. The Morgan fingerprint density at radius 3 is 2.52 bits per heavy atom. The molecule has 1 amide bonds. The molecule has 1 aromatic rings. The van der Waals surface area contributed by atoms with Gasteiger partial charge < -0.3 is 15.1 Å². The van der Waals surface area contributed by atoms with Gasteiger partial charge in [0.1, 0.15) is 5.82 Å². The Morgan fingerprint density at radius 2 is 2.05 bits per heavy atom. The summed E-state index contributed by atoms with van der Waals surface area (Å²) >= 11 is 0. The Morgan fingerprint density at radius 1 is 1.38 bits per heavy atom. The lowest BCUT2D eigenvalue weighted by Crippen LogP contribution is -2.37. The van der Waals surface area contributed by atoms with Gasteiger partial charge in [-0.3, -0.25) is 14.9 Å². The van der Waals surface area contributed by atoms with E-state index >= 15 is 0 Å². The molecule has 0 saturated carbocycles. The average molecular weight is 295 g/mol. The molecule has 1 heterocycles. The average Bonchev–Trinajstić information content (AvgIpc) is 2.44. The van der Waals surface area contributed by atoms with Gasteiger partial charge in [0.2, 0.25) is 11.7 Å². The number of pyridine rings is 1. The summed E-state index contributed by atoms with van der Waals surface area (Å²) in [6.07, 6.45) is 0. The van der Waals surface area contributed by atoms with Crippen molar-refractivity contribution in [3.63, 3.8) is 0 Å². The highest BCUT2D eigenvalue weighted by Gasteiger charge is 2.23. The minimum Gasteiger partial charge on any atom is -0.370 e. The fourth-order valence-electron chi connectivity index (χ4n) is 1.74. The molecule has 0 radical (unpaired) electrons. The van der Waals surface area contributed by atoms with Crippen molar-refractivity contribution >= 4 is 23.2 Å². The zero-order valence-electron chi connectivity index (χ0n) is 12.8. The van der Waals surface area contributed by atoms with E-state index in [0.717, 1.165) is 0 Å². The van der Waals surface area contributed by atoms with E-state index in [0.29, 0.717) is 18.9 Å². The first-order valence-electron chi connectivity index (χ1n) is 6.75. The van der Waals surface area contributed by atoms with E-state index in [2.05, 4.69) is 10.3 Å². The summed E-state index contributed by atoms with van der Waals surface area (Å²) in [5.41, 5.74) is -0.106. The minimum absolute atomic E-state index is 0.0485. The second-order valence-electron chi connectivity index (χ2n) is 4.63. The molecule has 21 heavy (non-hydrogen) atoms. The molecule has 0 unspecified atom stereocenters. The summed E-state index contributed by atoms with van der Waals surface area (Å²) in [4.78, 5) is 29.8. The van der Waals surface area contributed by atoms with Gasteiger partial charge in [-0.05, 0) is 19.9 Å². The zero-order chi connectivity index (χ0) is 16.0. The maximum absolute atomic E-state index is 11.8. The molecule has 0 spiro atoms. The lowest BCUT2D eigenvalue weighted by atomic mass is 10.3. The monoisotopic (exact) mass is 295 g/mol. The van der Waals surface area contributed by atoms with Gasteiger partial charge in [-0.25, -0.2) is 4.98 Å². The van der Waals surface area contributed by atoms with Crippen LogP contribution in [0.3, 0.4) is 0 Å². The summed E-state index contributed by atoms with van der Waals surface area (Å²) in [6, 6.07) is 2.97. The SMILES string of the molecule is CCNc1ccc([N+](=O)[O-])c(N(CC)CC(=O)N(C)C)n1. The van der Waals surface area contributed by atoms with Crippen molar-refractivity contribution in [1.29, 1.82) is 0 Å². The Kier molecular flexibility index (Phi) is 5.89. The maximum Gasteiger partial charge on any atom is 0.311 e. The van der Waals surface area contributed by atoms with E-state index in [9.17, 15) is 14.9 Å². The summed E-state index contributed by atoms with van der Waals surface area (Å²) in [6.45, 7) is 4.90. The Bertz CT molecular complexity index is 519. The van der Waals surface area contributed by atoms with Gasteiger partial charge in [-0.1, -0.05) is 0 Å². The van der Waals surface area contributed by atoms with Crippen molar-refractivity contribution in [2.75, 3.05) is 43.9 Å². The van der Waals surface area contributed by atoms with E-state index in [4.69, 9.17) is 0 Å². The molecule has 1 N–H and O–H groups in total. The molecule has 0 aromatic carbocycles. The summed E-state index contributed by atoms with van der Waals surface area (Å²) < 4.78 is 0. The van der Waals surface area contributed by atoms with Crippen LogP contribution in [-0.4, -0.2) is 54.4 Å². The lowest BCUT2D eigenvalue weighted by molar-refractivity contribution is -0.384. The van der Waals surface area contributed by atoms with Crippen LogP contribution in [0.5, 0.6) is 0 Å². The van der Waals surface area contributed by atoms with E-state index < -0.39 is 4.92 Å². The maximum atomic E-state index is 11.8. The highest BCUT2D eigenvalue weighted by molar-refractivity contribution is 5.81. The van der Waals surface area contributed by atoms with Crippen LogP contribution >= 0.6 is 0 Å². The summed E-state index contributed by atoms with van der Waals surface area (Å²) in [5.74, 6) is 0.617. The van der Waals surface area contributed by atoms with Crippen LogP contribution in [-0.2, 0) is 4.79 Å². The summed E-state index contributed by atoms with van der Waals surface area (Å²) in [5, 5.41) is 14.2. The van der Waals surface area contributed by atoms with Gasteiger partial charge in [0.15, 0.2) is 0 Å². The van der Waals surface area contributed by atoms with E-state index in [1.807, 2.05) is 13.8 Å². The highest BCUT2D eigenvalue weighted by Crippen LogP contribution is 2.27. The number of nitrogens with zero attached hydrogens (tertiary/aromatic N) is 4. The number of nitro groups is 1. The first-order valence-corrected chi connectivity index (χ1v) is 6.75.